The van der Waals surface area contributed by atoms with Gasteiger partial charge in [-0.25, -0.2) is 9.59 Å². The Kier molecular flexibility index (Phi) is 7.34. The van der Waals surface area contributed by atoms with Gasteiger partial charge in [0.15, 0.2) is 0 Å². The summed E-state index contributed by atoms with van der Waals surface area (Å²) in [6, 6.07) is 2.25. The largest absolute Gasteiger partial charge is 0.497 e. The lowest BCUT2D eigenvalue weighted by atomic mass is 10.1. The Hall–Kier alpha value is -2.97. The van der Waals surface area contributed by atoms with Crippen molar-refractivity contribution < 1.29 is 33.7 Å². The topological polar surface area (TPSA) is 123 Å². The Bertz CT molecular complexity index is 616. The standard InChI is InChI=1S/C15H20N2O7/c1-4-24-14(20)13-10(7-9(22-2)8-11(13)23-3)17-15(21)16-6-5-12(18)19/h7-8H,4-6H2,1-3H3,(H,18,19)(H2,16,17,21). The molecular formula is C15H20N2O7. The molecular weight excluding hydrogens is 320 g/mol. The van der Waals surface area contributed by atoms with Gasteiger partial charge in [-0.15, -0.1) is 0 Å². The van der Waals surface area contributed by atoms with Gasteiger partial charge < -0.3 is 30.0 Å². The van der Waals surface area contributed by atoms with Crippen LogP contribution < -0.4 is 20.1 Å². The first kappa shape index (κ1) is 19.1. The third kappa shape index (κ3) is 5.34. The first-order valence-corrected chi connectivity index (χ1v) is 7.12. The molecule has 0 fully saturated rings. The Morgan fingerprint density at radius 1 is 1.17 bits per heavy atom. The first-order valence-electron chi connectivity index (χ1n) is 7.12. The molecule has 2 amide bonds. The van der Waals surface area contributed by atoms with Gasteiger partial charge in [0.2, 0.25) is 0 Å². The predicted octanol–water partition coefficient (Wildman–Crippen LogP) is 1.48. The number of urea groups is 1. The summed E-state index contributed by atoms with van der Waals surface area (Å²) < 4.78 is 15.2. The first-order chi connectivity index (χ1) is 11.4. The molecule has 9 nitrogen and oxygen atoms in total. The summed E-state index contributed by atoms with van der Waals surface area (Å²) >= 11 is 0. The number of hydrogen-bond donors (Lipinski definition) is 3. The molecule has 0 bridgehead atoms. The minimum atomic E-state index is -1.04. The molecule has 0 aliphatic heterocycles. The van der Waals surface area contributed by atoms with Crippen molar-refractivity contribution in [1.29, 1.82) is 0 Å². The zero-order chi connectivity index (χ0) is 18.1. The highest BCUT2D eigenvalue weighted by molar-refractivity contribution is 6.03. The number of methoxy groups -OCH3 is 2. The molecule has 132 valence electrons. The van der Waals surface area contributed by atoms with Gasteiger partial charge >= 0.3 is 18.0 Å². The van der Waals surface area contributed by atoms with Crippen LogP contribution >= 0.6 is 0 Å². The van der Waals surface area contributed by atoms with Crippen LogP contribution in [0.4, 0.5) is 10.5 Å². The van der Waals surface area contributed by atoms with Crippen LogP contribution in [0, 0.1) is 0 Å². The number of carbonyl (C=O) groups excluding carboxylic acids is 2. The average Bonchev–Trinajstić information content (AvgIpc) is 2.53. The Morgan fingerprint density at radius 3 is 2.42 bits per heavy atom. The number of anilines is 1. The van der Waals surface area contributed by atoms with E-state index in [0.717, 1.165) is 0 Å². The summed E-state index contributed by atoms with van der Waals surface area (Å²) in [5, 5.41) is 13.4. The molecule has 0 aliphatic carbocycles. The lowest BCUT2D eigenvalue weighted by molar-refractivity contribution is -0.136. The van der Waals surface area contributed by atoms with Crippen LogP contribution in [0.3, 0.4) is 0 Å². The van der Waals surface area contributed by atoms with Gasteiger partial charge in [0, 0.05) is 18.7 Å². The second kappa shape index (κ2) is 9.23. The van der Waals surface area contributed by atoms with E-state index in [4.69, 9.17) is 19.3 Å². The molecule has 0 aliphatic rings. The van der Waals surface area contributed by atoms with Crippen molar-refractivity contribution >= 4 is 23.7 Å². The second-order valence-electron chi connectivity index (χ2n) is 4.50. The number of benzene rings is 1. The fourth-order valence-corrected chi connectivity index (χ4v) is 1.83. The number of nitrogens with one attached hydrogen (secondary N) is 2. The molecule has 1 aromatic carbocycles. The summed E-state index contributed by atoms with van der Waals surface area (Å²) in [6.45, 7) is 1.74. The van der Waals surface area contributed by atoms with E-state index in [0.29, 0.717) is 5.75 Å². The van der Waals surface area contributed by atoms with Gasteiger partial charge in [0.05, 0.1) is 32.9 Å². The Balaban J connectivity index is 3.06. The van der Waals surface area contributed by atoms with Crippen LogP contribution in [0.2, 0.25) is 0 Å². The molecule has 0 saturated carbocycles. The smallest absolute Gasteiger partial charge is 0.344 e. The number of amides is 2. The Labute approximate surface area is 138 Å². The van der Waals surface area contributed by atoms with Crippen LogP contribution in [-0.2, 0) is 9.53 Å². The van der Waals surface area contributed by atoms with Gasteiger partial charge in [0.1, 0.15) is 17.1 Å². The van der Waals surface area contributed by atoms with Crippen LogP contribution in [0.25, 0.3) is 0 Å². The fraction of sp³-hybridized carbons (Fsp3) is 0.400. The number of ether oxygens (including phenoxy) is 3. The van der Waals surface area contributed by atoms with Crippen molar-refractivity contribution in [2.24, 2.45) is 0 Å². The summed E-state index contributed by atoms with van der Waals surface area (Å²) in [4.78, 5) is 34.5. The molecule has 0 spiro atoms. The Morgan fingerprint density at radius 2 is 1.88 bits per heavy atom. The molecule has 0 unspecified atom stereocenters. The highest BCUT2D eigenvalue weighted by Gasteiger charge is 2.22. The number of carboxylic acids is 1. The van der Waals surface area contributed by atoms with E-state index in [1.165, 1.54) is 26.4 Å². The van der Waals surface area contributed by atoms with Gasteiger partial charge in [-0.1, -0.05) is 0 Å². The minimum Gasteiger partial charge on any atom is -0.497 e. The van der Waals surface area contributed by atoms with Crippen LogP contribution in [-0.4, -0.2) is 50.4 Å². The van der Waals surface area contributed by atoms with Crippen LogP contribution in [0.1, 0.15) is 23.7 Å². The van der Waals surface area contributed by atoms with Crippen LogP contribution in [0.15, 0.2) is 12.1 Å². The average molecular weight is 340 g/mol. The van der Waals surface area contributed by atoms with Crippen molar-refractivity contribution in [1.82, 2.24) is 5.32 Å². The van der Waals surface area contributed by atoms with E-state index in [1.807, 2.05) is 0 Å². The van der Waals surface area contributed by atoms with Gasteiger partial charge in [-0.3, -0.25) is 4.79 Å². The molecule has 3 N–H and O–H groups in total. The summed E-state index contributed by atoms with van der Waals surface area (Å²) in [6.07, 6.45) is -0.223. The highest BCUT2D eigenvalue weighted by atomic mass is 16.5. The van der Waals surface area contributed by atoms with Crippen molar-refractivity contribution in [3.63, 3.8) is 0 Å². The molecule has 1 rings (SSSR count). The van der Waals surface area contributed by atoms with E-state index >= 15 is 0 Å². The normalized spacial score (nSPS) is 9.79. The lowest BCUT2D eigenvalue weighted by Crippen LogP contribution is -2.31. The summed E-state index contributed by atoms with van der Waals surface area (Å²) in [7, 11) is 2.80. The maximum atomic E-state index is 12.1. The van der Waals surface area contributed by atoms with E-state index in [-0.39, 0.29) is 36.6 Å². The molecule has 0 radical (unpaired) electrons. The molecule has 1 aromatic rings. The quantitative estimate of drug-likeness (QED) is 0.612. The predicted molar refractivity (Wildman–Crippen MR) is 84.8 cm³/mol. The number of carboxylic acid groups (broad SMARTS) is 1. The molecule has 0 saturated heterocycles. The van der Waals surface area contributed by atoms with Crippen molar-refractivity contribution in [3.05, 3.63) is 17.7 Å². The van der Waals surface area contributed by atoms with Crippen LogP contribution in [0.5, 0.6) is 11.5 Å². The summed E-state index contributed by atoms with van der Waals surface area (Å²) in [5.41, 5.74) is 0.158. The number of rotatable bonds is 8. The monoisotopic (exact) mass is 340 g/mol. The maximum absolute atomic E-state index is 12.1. The zero-order valence-corrected chi connectivity index (χ0v) is 13.7. The molecule has 0 atom stereocenters. The molecule has 0 aromatic heterocycles. The molecule has 9 heteroatoms. The number of aliphatic carboxylic acids is 1. The lowest BCUT2D eigenvalue weighted by Gasteiger charge is -2.16. The highest BCUT2D eigenvalue weighted by Crippen LogP contribution is 2.33. The fourth-order valence-electron chi connectivity index (χ4n) is 1.83. The van der Waals surface area contributed by atoms with Crippen molar-refractivity contribution in [2.45, 2.75) is 13.3 Å². The van der Waals surface area contributed by atoms with Gasteiger partial charge in [0.25, 0.3) is 0 Å². The van der Waals surface area contributed by atoms with E-state index < -0.39 is 18.0 Å². The minimum absolute atomic E-state index is 0.0357. The number of hydrogen-bond acceptors (Lipinski definition) is 6. The van der Waals surface area contributed by atoms with Gasteiger partial charge in [-0.05, 0) is 6.92 Å². The van der Waals surface area contributed by atoms with Gasteiger partial charge in [-0.2, -0.15) is 0 Å². The second-order valence-corrected chi connectivity index (χ2v) is 4.50. The molecule has 24 heavy (non-hydrogen) atoms. The van der Waals surface area contributed by atoms with E-state index in [1.54, 1.807) is 6.92 Å². The third-order valence-corrected chi connectivity index (χ3v) is 2.88. The SMILES string of the molecule is CCOC(=O)c1c(NC(=O)NCCC(=O)O)cc(OC)cc1OC. The maximum Gasteiger partial charge on any atom is 0.344 e. The number of carbonyl (C=O) groups is 3. The van der Waals surface area contributed by atoms with E-state index in [2.05, 4.69) is 10.6 Å². The third-order valence-electron chi connectivity index (χ3n) is 2.88. The molecule has 0 heterocycles. The van der Waals surface area contributed by atoms with Crippen molar-refractivity contribution in [3.8, 4) is 11.5 Å². The van der Waals surface area contributed by atoms with Crippen molar-refractivity contribution in [2.75, 3.05) is 32.7 Å². The van der Waals surface area contributed by atoms with E-state index in [9.17, 15) is 14.4 Å². The zero-order valence-electron chi connectivity index (χ0n) is 13.7. The summed E-state index contributed by atoms with van der Waals surface area (Å²) in [5.74, 6) is -1.17. The number of esters is 1.